The van der Waals surface area contributed by atoms with Gasteiger partial charge in [0.25, 0.3) is 5.69 Å². The second-order valence-electron chi connectivity index (χ2n) is 7.67. The summed E-state index contributed by atoms with van der Waals surface area (Å²) in [7, 11) is -3.61. The SMILES string of the molecule is NC(=O)c1ccc(N2CCN(c3ccc(S(=O)(=O)N4CCOCC4)cn3)CC2)c([N+](=O)[O-])c1. The molecule has 2 aliphatic rings. The first-order valence-corrected chi connectivity index (χ1v) is 11.8. The second kappa shape index (κ2) is 9.29. The third-order valence-electron chi connectivity index (χ3n) is 5.73. The van der Waals surface area contributed by atoms with Crippen molar-refractivity contribution in [1.29, 1.82) is 0 Å². The van der Waals surface area contributed by atoms with Gasteiger partial charge in [-0.15, -0.1) is 0 Å². The van der Waals surface area contributed by atoms with Crippen molar-refractivity contribution in [3.8, 4) is 0 Å². The molecule has 2 aromatic rings. The summed E-state index contributed by atoms with van der Waals surface area (Å²) in [6.45, 7) is 3.45. The molecule has 1 aromatic heterocycles. The standard InChI is InChI=1S/C20H24N6O6S/c21-20(27)15-1-3-17(18(13-15)26(28)29)23-5-7-24(8-6-23)19-4-2-16(14-22-19)33(30,31)25-9-11-32-12-10-25/h1-4,13-14H,5-12H2,(H2,21,27). The van der Waals surface area contributed by atoms with Crippen molar-refractivity contribution in [1.82, 2.24) is 9.29 Å². The third-order valence-corrected chi connectivity index (χ3v) is 7.61. The monoisotopic (exact) mass is 476 g/mol. The van der Waals surface area contributed by atoms with Crippen molar-refractivity contribution in [2.75, 3.05) is 62.3 Å². The molecule has 2 aliphatic heterocycles. The molecule has 2 N–H and O–H groups in total. The van der Waals surface area contributed by atoms with Gasteiger partial charge in [-0.1, -0.05) is 0 Å². The number of anilines is 2. The molecule has 0 atom stereocenters. The number of nitro benzene ring substituents is 1. The van der Waals surface area contributed by atoms with Crippen LogP contribution in [0.15, 0.2) is 41.4 Å². The van der Waals surface area contributed by atoms with Gasteiger partial charge in [-0.2, -0.15) is 4.31 Å². The molecule has 13 heteroatoms. The van der Waals surface area contributed by atoms with Gasteiger partial charge in [-0.25, -0.2) is 13.4 Å². The van der Waals surface area contributed by atoms with Gasteiger partial charge in [0.1, 0.15) is 16.4 Å². The minimum absolute atomic E-state index is 0.0837. The van der Waals surface area contributed by atoms with E-state index < -0.39 is 20.9 Å². The van der Waals surface area contributed by atoms with E-state index in [2.05, 4.69) is 4.98 Å². The number of hydrogen-bond donors (Lipinski definition) is 1. The topological polar surface area (TPSA) is 152 Å². The van der Waals surface area contributed by atoms with Crippen LogP contribution in [-0.2, 0) is 14.8 Å². The summed E-state index contributed by atoms with van der Waals surface area (Å²) >= 11 is 0. The number of morpholine rings is 1. The highest BCUT2D eigenvalue weighted by molar-refractivity contribution is 7.89. The third kappa shape index (κ3) is 4.74. The van der Waals surface area contributed by atoms with E-state index >= 15 is 0 Å². The first-order valence-electron chi connectivity index (χ1n) is 10.4. The summed E-state index contributed by atoms with van der Waals surface area (Å²) in [6.07, 6.45) is 1.36. The Kier molecular flexibility index (Phi) is 6.44. The molecule has 0 saturated carbocycles. The van der Waals surface area contributed by atoms with E-state index in [0.717, 1.165) is 0 Å². The molecule has 0 aliphatic carbocycles. The normalized spacial score (nSPS) is 17.7. The number of primary amides is 1. The van der Waals surface area contributed by atoms with E-state index in [-0.39, 0.29) is 16.1 Å². The first-order chi connectivity index (χ1) is 15.8. The molecule has 0 unspecified atom stereocenters. The number of ether oxygens (including phenoxy) is 1. The van der Waals surface area contributed by atoms with E-state index in [1.165, 1.54) is 28.7 Å². The van der Waals surface area contributed by atoms with Crippen molar-refractivity contribution in [3.05, 3.63) is 52.2 Å². The Hall–Kier alpha value is -3.29. The molecular weight excluding hydrogens is 452 g/mol. The fraction of sp³-hybridized carbons (Fsp3) is 0.400. The Labute approximate surface area is 190 Å². The summed E-state index contributed by atoms with van der Waals surface area (Å²) in [6, 6.07) is 7.43. The van der Waals surface area contributed by atoms with Crippen LogP contribution in [0.2, 0.25) is 0 Å². The Balaban J connectivity index is 1.44. The van der Waals surface area contributed by atoms with Gasteiger partial charge < -0.3 is 20.3 Å². The van der Waals surface area contributed by atoms with Gasteiger partial charge in [0.15, 0.2) is 0 Å². The number of rotatable bonds is 6. The van der Waals surface area contributed by atoms with Gasteiger partial charge in [-0.05, 0) is 24.3 Å². The molecule has 2 saturated heterocycles. The Bertz CT molecular complexity index is 1140. The van der Waals surface area contributed by atoms with Crippen molar-refractivity contribution >= 4 is 33.1 Å². The fourth-order valence-electron chi connectivity index (χ4n) is 3.91. The predicted molar refractivity (Wildman–Crippen MR) is 120 cm³/mol. The number of carbonyl (C=O) groups is 1. The molecular formula is C20H24N6O6S. The first kappa shape index (κ1) is 22.9. The minimum Gasteiger partial charge on any atom is -0.379 e. The zero-order valence-electron chi connectivity index (χ0n) is 17.8. The fourth-order valence-corrected chi connectivity index (χ4v) is 5.27. The lowest BCUT2D eigenvalue weighted by Crippen LogP contribution is -2.47. The lowest BCUT2D eigenvalue weighted by atomic mass is 10.1. The highest BCUT2D eigenvalue weighted by Gasteiger charge is 2.28. The van der Waals surface area contributed by atoms with Gasteiger partial charge >= 0.3 is 0 Å². The second-order valence-corrected chi connectivity index (χ2v) is 9.61. The van der Waals surface area contributed by atoms with Gasteiger partial charge in [-0.3, -0.25) is 14.9 Å². The lowest BCUT2D eigenvalue weighted by molar-refractivity contribution is -0.384. The van der Waals surface area contributed by atoms with Crippen LogP contribution >= 0.6 is 0 Å². The van der Waals surface area contributed by atoms with Crippen molar-refractivity contribution in [3.63, 3.8) is 0 Å². The number of nitrogens with zero attached hydrogens (tertiary/aromatic N) is 5. The van der Waals surface area contributed by atoms with Crippen LogP contribution in [0.3, 0.4) is 0 Å². The zero-order chi connectivity index (χ0) is 23.6. The van der Waals surface area contributed by atoms with Crippen LogP contribution in [0.4, 0.5) is 17.2 Å². The Morgan fingerprint density at radius 1 is 1.03 bits per heavy atom. The number of pyridine rings is 1. The number of hydrogen-bond acceptors (Lipinski definition) is 9. The molecule has 12 nitrogen and oxygen atoms in total. The lowest BCUT2D eigenvalue weighted by Gasteiger charge is -2.36. The molecule has 33 heavy (non-hydrogen) atoms. The highest BCUT2D eigenvalue weighted by atomic mass is 32.2. The van der Waals surface area contributed by atoms with Crippen LogP contribution in [0.25, 0.3) is 0 Å². The summed E-state index contributed by atoms with van der Waals surface area (Å²) in [5.74, 6) is -0.0891. The molecule has 176 valence electrons. The number of nitrogens with two attached hydrogens (primary N) is 1. The smallest absolute Gasteiger partial charge is 0.293 e. The molecule has 2 fully saturated rings. The maximum absolute atomic E-state index is 12.8. The maximum atomic E-state index is 12.8. The molecule has 1 amide bonds. The van der Waals surface area contributed by atoms with Gasteiger partial charge in [0, 0.05) is 57.1 Å². The largest absolute Gasteiger partial charge is 0.379 e. The number of piperazine rings is 1. The Morgan fingerprint density at radius 2 is 1.70 bits per heavy atom. The number of nitro groups is 1. The molecule has 4 rings (SSSR count). The van der Waals surface area contributed by atoms with Crippen LogP contribution in [0.1, 0.15) is 10.4 Å². The maximum Gasteiger partial charge on any atom is 0.293 e. The number of aromatic nitrogens is 1. The quantitative estimate of drug-likeness (QED) is 0.462. The average Bonchev–Trinajstić information content (AvgIpc) is 2.84. The van der Waals surface area contributed by atoms with E-state index in [0.29, 0.717) is 64.0 Å². The van der Waals surface area contributed by atoms with Gasteiger partial charge in [0.05, 0.1) is 18.1 Å². The van der Waals surface area contributed by atoms with Gasteiger partial charge in [0.2, 0.25) is 15.9 Å². The number of amides is 1. The van der Waals surface area contributed by atoms with Crippen molar-refractivity contribution < 1.29 is 22.9 Å². The van der Waals surface area contributed by atoms with Crippen LogP contribution in [0.5, 0.6) is 0 Å². The van der Waals surface area contributed by atoms with Crippen molar-refractivity contribution in [2.45, 2.75) is 4.90 Å². The minimum atomic E-state index is -3.61. The van der Waals surface area contributed by atoms with E-state index in [9.17, 15) is 23.3 Å². The van der Waals surface area contributed by atoms with Crippen LogP contribution < -0.4 is 15.5 Å². The summed E-state index contributed by atoms with van der Waals surface area (Å²) in [5, 5.41) is 11.5. The van der Waals surface area contributed by atoms with E-state index in [1.54, 1.807) is 12.1 Å². The van der Waals surface area contributed by atoms with Crippen LogP contribution in [-0.4, -0.2) is 81.0 Å². The summed E-state index contributed by atoms with van der Waals surface area (Å²) < 4.78 is 32.1. The number of carbonyl (C=O) groups excluding carboxylic acids is 1. The van der Waals surface area contributed by atoms with Crippen LogP contribution in [0, 0.1) is 10.1 Å². The average molecular weight is 477 g/mol. The van der Waals surface area contributed by atoms with E-state index in [4.69, 9.17) is 10.5 Å². The Morgan fingerprint density at radius 3 is 2.27 bits per heavy atom. The van der Waals surface area contributed by atoms with E-state index in [1.807, 2.05) is 9.80 Å². The van der Waals surface area contributed by atoms with Crippen molar-refractivity contribution in [2.24, 2.45) is 5.73 Å². The molecule has 0 bridgehead atoms. The molecule has 3 heterocycles. The predicted octanol–water partition coefficient (Wildman–Crippen LogP) is 0.436. The highest BCUT2D eigenvalue weighted by Crippen LogP contribution is 2.30. The summed E-state index contributed by atoms with van der Waals surface area (Å²) in [4.78, 5) is 30.7. The molecule has 0 radical (unpaired) electrons. The molecule has 0 spiro atoms. The molecule has 1 aromatic carbocycles. The number of sulfonamides is 1. The summed E-state index contributed by atoms with van der Waals surface area (Å²) in [5.41, 5.74) is 5.57. The number of benzene rings is 1. The zero-order valence-corrected chi connectivity index (χ0v) is 18.6.